The number of aromatic hydroxyl groups is 1. The number of rotatable bonds is 9. The number of amides is 1. The molecule has 3 fully saturated rings. The van der Waals surface area contributed by atoms with Crippen molar-refractivity contribution in [3.63, 3.8) is 0 Å². The van der Waals surface area contributed by atoms with E-state index in [0.717, 1.165) is 38.6 Å². The zero-order valence-corrected chi connectivity index (χ0v) is 28.0. The molecular formula is C38H37F2N7O4. The molecule has 2 N–H and O–H groups in total. The van der Waals surface area contributed by atoms with Crippen molar-refractivity contribution >= 4 is 33.4 Å². The second-order valence-corrected chi connectivity index (χ2v) is 13.5. The molecule has 51 heavy (non-hydrogen) atoms. The molecule has 0 spiro atoms. The van der Waals surface area contributed by atoms with Crippen LogP contribution < -0.4 is 15.0 Å². The van der Waals surface area contributed by atoms with Crippen LogP contribution in [0, 0.1) is 46.6 Å². The van der Waals surface area contributed by atoms with Crippen molar-refractivity contribution < 1.29 is 28.2 Å². The van der Waals surface area contributed by atoms with Gasteiger partial charge in [0.25, 0.3) is 0 Å². The maximum Gasteiger partial charge on any atom is 0.319 e. The average Bonchev–Trinajstić information content (AvgIpc) is 3.94. The molecule has 1 amide bonds. The number of terminal acetylenes is 1. The number of phenols is 1. The van der Waals surface area contributed by atoms with Gasteiger partial charge in [0.1, 0.15) is 28.6 Å². The number of benzene rings is 2. The Morgan fingerprint density at radius 1 is 1.24 bits per heavy atom. The van der Waals surface area contributed by atoms with Crippen molar-refractivity contribution in [3.05, 3.63) is 60.3 Å². The molecule has 11 nitrogen and oxygen atoms in total. The molecule has 0 radical (unpaired) electrons. The molecule has 262 valence electrons. The van der Waals surface area contributed by atoms with Gasteiger partial charge < -0.3 is 24.8 Å². The van der Waals surface area contributed by atoms with Gasteiger partial charge in [-0.15, -0.1) is 6.42 Å². The maximum absolute atomic E-state index is 17.0. The summed E-state index contributed by atoms with van der Waals surface area (Å²) in [5, 5.41) is 24.3. The maximum atomic E-state index is 17.0. The van der Waals surface area contributed by atoms with Gasteiger partial charge in [0, 0.05) is 55.3 Å². The summed E-state index contributed by atoms with van der Waals surface area (Å²) in [4.78, 5) is 30.5. The summed E-state index contributed by atoms with van der Waals surface area (Å²) in [6, 6.07) is 7.09. The van der Waals surface area contributed by atoms with Crippen molar-refractivity contribution in [2.45, 2.75) is 31.7 Å². The Kier molecular flexibility index (Phi) is 9.42. The van der Waals surface area contributed by atoms with E-state index < -0.39 is 29.5 Å². The number of nitriles is 1. The Morgan fingerprint density at radius 3 is 2.76 bits per heavy atom. The molecule has 0 unspecified atom stereocenters. The Bertz CT molecular complexity index is 2100. The van der Waals surface area contributed by atoms with E-state index in [1.54, 1.807) is 0 Å². The normalized spacial score (nSPS) is 20.3. The zero-order valence-electron chi connectivity index (χ0n) is 28.0. The number of anilines is 1. The molecule has 2 atom stereocenters. The minimum absolute atomic E-state index is 0.0364. The van der Waals surface area contributed by atoms with E-state index in [9.17, 15) is 19.6 Å². The Balaban J connectivity index is 1.33. The summed E-state index contributed by atoms with van der Waals surface area (Å²) < 4.78 is 43.7. The number of phenolic OH excluding ortho intramolecular Hbond substituents is 1. The molecule has 1 saturated carbocycles. The number of pyridine rings is 1. The van der Waals surface area contributed by atoms with Gasteiger partial charge in [-0.1, -0.05) is 18.6 Å². The molecule has 1 aliphatic carbocycles. The molecular weight excluding hydrogens is 656 g/mol. The quantitative estimate of drug-likeness (QED) is 0.187. The summed E-state index contributed by atoms with van der Waals surface area (Å²) in [5.41, 5.74) is -0.364. The average molecular weight is 694 g/mol. The molecule has 0 bridgehead atoms. The lowest BCUT2D eigenvalue weighted by atomic mass is 9.96. The first-order valence-electron chi connectivity index (χ1n) is 17.0. The number of nitrogens with one attached hydrogen (secondary N) is 1. The largest absolute Gasteiger partial charge is 0.508 e. The minimum Gasteiger partial charge on any atom is -0.508 e. The van der Waals surface area contributed by atoms with E-state index in [0.29, 0.717) is 50.4 Å². The van der Waals surface area contributed by atoms with Crippen molar-refractivity contribution in [1.82, 2.24) is 25.2 Å². The number of ether oxygens (including phenoxy) is 2. The van der Waals surface area contributed by atoms with Gasteiger partial charge >= 0.3 is 6.01 Å². The lowest BCUT2D eigenvalue weighted by Gasteiger charge is -2.30. The third kappa shape index (κ3) is 6.87. The molecule has 2 aliphatic heterocycles. The van der Waals surface area contributed by atoms with Crippen molar-refractivity contribution in [2.75, 3.05) is 57.4 Å². The van der Waals surface area contributed by atoms with Crippen LogP contribution >= 0.6 is 0 Å². The summed E-state index contributed by atoms with van der Waals surface area (Å²) in [6.07, 6.45) is 11.4. The molecule has 3 aliphatic rings. The van der Waals surface area contributed by atoms with Gasteiger partial charge in [-0.25, -0.2) is 8.78 Å². The van der Waals surface area contributed by atoms with Crippen LogP contribution in [0.25, 0.3) is 32.9 Å². The van der Waals surface area contributed by atoms with E-state index in [1.807, 2.05) is 4.90 Å². The van der Waals surface area contributed by atoms with E-state index in [-0.39, 0.29) is 56.8 Å². The van der Waals surface area contributed by atoms with Crippen LogP contribution in [0.2, 0.25) is 0 Å². The highest BCUT2D eigenvalue weighted by molar-refractivity contribution is 6.03. The third-order valence-corrected chi connectivity index (χ3v) is 10.0. The first-order chi connectivity index (χ1) is 24.7. The van der Waals surface area contributed by atoms with Crippen LogP contribution in [0.1, 0.15) is 31.2 Å². The van der Waals surface area contributed by atoms with Crippen molar-refractivity contribution in [3.8, 4) is 41.4 Å². The Hall–Kier alpha value is -5.37. The van der Waals surface area contributed by atoms with Crippen molar-refractivity contribution in [2.24, 2.45) is 11.3 Å². The SMILES string of the molecule is C#Cc1c(F)ccc2cc(O)cc(-c3ncc4c(N5CCC[C@H](C#N)[C@H](NC(=O)C=C)C5)nc(OCC5(CN6CCOCC6)CC5)nc4c3F)c12. The second-order valence-electron chi connectivity index (χ2n) is 13.5. The molecule has 4 heterocycles. The lowest BCUT2D eigenvalue weighted by molar-refractivity contribution is -0.117. The van der Waals surface area contributed by atoms with E-state index in [4.69, 9.17) is 20.9 Å². The van der Waals surface area contributed by atoms with Crippen LogP contribution in [0.5, 0.6) is 11.8 Å². The number of halogens is 2. The summed E-state index contributed by atoms with van der Waals surface area (Å²) >= 11 is 0. The summed E-state index contributed by atoms with van der Waals surface area (Å²) in [5.74, 6) is 0.127. The number of hydrogen-bond acceptors (Lipinski definition) is 10. The smallest absolute Gasteiger partial charge is 0.319 e. The number of nitrogens with zero attached hydrogens (tertiary/aromatic N) is 6. The van der Waals surface area contributed by atoms with Gasteiger partial charge in [-0.05, 0) is 55.3 Å². The molecule has 13 heteroatoms. The van der Waals surface area contributed by atoms with Crippen LogP contribution in [0.15, 0.2) is 43.1 Å². The monoisotopic (exact) mass is 693 g/mol. The van der Waals surface area contributed by atoms with Crippen LogP contribution in [-0.4, -0.2) is 89.5 Å². The molecule has 2 saturated heterocycles. The minimum atomic E-state index is -0.837. The first-order valence-corrected chi connectivity index (χ1v) is 17.0. The highest BCUT2D eigenvalue weighted by Crippen LogP contribution is 2.47. The lowest BCUT2D eigenvalue weighted by Crippen LogP contribution is -2.46. The third-order valence-electron chi connectivity index (χ3n) is 10.0. The molecule has 2 aromatic carbocycles. The highest BCUT2D eigenvalue weighted by Gasteiger charge is 2.45. The number of carbonyl (C=O) groups is 1. The number of carbonyl (C=O) groups excluding carboxylic acids is 1. The highest BCUT2D eigenvalue weighted by atomic mass is 19.1. The summed E-state index contributed by atoms with van der Waals surface area (Å²) in [6.45, 7) is 8.42. The van der Waals surface area contributed by atoms with Gasteiger partial charge in [0.15, 0.2) is 5.82 Å². The fraction of sp³-hybridized carbons (Fsp3) is 0.395. The predicted octanol–water partition coefficient (Wildman–Crippen LogP) is 4.71. The van der Waals surface area contributed by atoms with E-state index >= 15 is 4.39 Å². The number of aromatic nitrogens is 3. The number of hydrogen-bond donors (Lipinski definition) is 2. The van der Waals surface area contributed by atoms with E-state index in [2.05, 4.69) is 38.8 Å². The second kappa shape index (κ2) is 14.1. The fourth-order valence-electron chi connectivity index (χ4n) is 7.14. The van der Waals surface area contributed by atoms with Gasteiger partial charge in [0.2, 0.25) is 5.91 Å². The van der Waals surface area contributed by atoms with Crippen LogP contribution in [0.3, 0.4) is 0 Å². The number of fused-ring (bicyclic) bond motifs is 2. The number of morpholine rings is 1. The standard InChI is InChI=1S/C38H37F2N7O4/c1-3-26-29(39)8-7-23-16-25(48)17-27(32(23)26)34-33(40)35-28(19-42-34)36(47-11-5-6-24(18-41)30(20-47)43-31(49)4-2)45-37(44-35)51-22-38(9-10-38)21-46-12-14-50-15-13-46/h1,4,7-8,16-17,19,24,30,48H,2,5-6,9-15,20-22H2,(H,43,49)/t24-,30-/m1/s1. The Morgan fingerprint density at radius 2 is 2.04 bits per heavy atom. The van der Waals surface area contributed by atoms with E-state index in [1.165, 1.54) is 30.5 Å². The molecule has 2 aromatic heterocycles. The zero-order chi connectivity index (χ0) is 35.7. The van der Waals surface area contributed by atoms with Crippen LogP contribution in [-0.2, 0) is 9.53 Å². The van der Waals surface area contributed by atoms with Gasteiger partial charge in [-0.2, -0.15) is 15.2 Å². The first kappa shape index (κ1) is 34.1. The topological polar surface area (TPSA) is 137 Å². The van der Waals surface area contributed by atoms with Crippen LogP contribution in [0.4, 0.5) is 14.6 Å². The predicted molar refractivity (Wildman–Crippen MR) is 187 cm³/mol. The van der Waals surface area contributed by atoms with Crippen molar-refractivity contribution in [1.29, 1.82) is 5.26 Å². The summed E-state index contributed by atoms with van der Waals surface area (Å²) in [7, 11) is 0. The molecule has 4 aromatic rings. The van der Waals surface area contributed by atoms with Gasteiger partial charge in [0.05, 0.1) is 48.8 Å². The fourth-order valence-corrected chi connectivity index (χ4v) is 7.14. The van der Waals surface area contributed by atoms with Gasteiger partial charge in [-0.3, -0.25) is 14.7 Å². The molecule has 7 rings (SSSR count). The Labute approximate surface area is 293 Å².